The molecular weight excluding hydrogens is 208 g/mol. The zero-order valence-electron chi connectivity index (χ0n) is 11.4. The van der Waals surface area contributed by atoms with E-state index in [9.17, 15) is 0 Å². The van der Waals surface area contributed by atoms with Crippen molar-refractivity contribution in [2.45, 2.75) is 76.8 Å². The van der Waals surface area contributed by atoms with Gasteiger partial charge in [0.15, 0.2) is 0 Å². The molecular formula is C15H30N2. The van der Waals surface area contributed by atoms with Crippen LogP contribution in [0.4, 0.5) is 0 Å². The van der Waals surface area contributed by atoms with Crippen LogP contribution in [0.2, 0.25) is 0 Å². The Labute approximate surface area is 107 Å². The van der Waals surface area contributed by atoms with Gasteiger partial charge in [-0.05, 0) is 45.3 Å². The SMILES string of the molecule is C1CCCNC(N2CCCCCCC2)CCC1. The van der Waals surface area contributed by atoms with E-state index in [1.807, 2.05) is 0 Å². The molecule has 2 saturated heterocycles. The van der Waals surface area contributed by atoms with Crippen LogP contribution in [0.3, 0.4) is 0 Å². The Morgan fingerprint density at radius 1 is 0.647 bits per heavy atom. The third-order valence-electron chi connectivity index (χ3n) is 4.37. The van der Waals surface area contributed by atoms with E-state index in [4.69, 9.17) is 0 Å². The summed E-state index contributed by atoms with van der Waals surface area (Å²) in [4.78, 5) is 2.74. The second kappa shape index (κ2) is 8.10. The van der Waals surface area contributed by atoms with Crippen LogP contribution in [-0.4, -0.2) is 30.7 Å². The molecule has 2 rings (SSSR count). The van der Waals surface area contributed by atoms with Crippen LogP contribution in [-0.2, 0) is 0 Å². The van der Waals surface area contributed by atoms with Crippen LogP contribution in [0.15, 0.2) is 0 Å². The molecule has 0 aromatic rings. The summed E-state index contributed by atoms with van der Waals surface area (Å²) in [6, 6.07) is 0. The second-order valence-electron chi connectivity index (χ2n) is 5.83. The third kappa shape index (κ3) is 4.97. The summed E-state index contributed by atoms with van der Waals surface area (Å²) in [5.41, 5.74) is 0. The lowest BCUT2D eigenvalue weighted by Crippen LogP contribution is -2.47. The van der Waals surface area contributed by atoms with Gasteiger partial charge in [-0.2, -0.15) is 0 Å². The Hall–Kier alpha value is -0.0800. The number of hydrogen-bond acceptors (Lipinski definition) is 2. The van der Waals surface area contributed by atoms with Crippen LogP contribution in [0, 0.1) is 0 Å². The highest BCUT2D eigenvalue weighted by molar-refractivity contribution is 4.73. The molecule has 17 heavy (non-hydrogen) atoms. The lowest BCUT2D eigenvalue weighted by molar-refractivity contribution is 0.141. The van der Waals surface area contributed by atoms with Gasteiger partial charge in [0, 0.05) is 0 Å². The van der Waals surface area contributed by atoms with Crippen molar-refractivity contribution in [1.82, 2.24) is 10.2 Å². The lowest BCUT2D eigenvalue weighted by Gasteiger charge is -2.33. The minimum absolute atomic E-state index is 0.686. The van der Waals surface area contributed by atoms with Gasteiger partial charge >= 0.3 is 0 Å². The summed E-state index contributed by atoms with van der Waals surface area (Å²) in [7, 11) is 0. The van der Waals surface area contributed by atoms with E-state index in [2.05, 4.69) is 10.2 Å². The van der Waals surface area contributed by atoms with Gasteiger partial charge in [0.25, 0.3) is 0 Å². The van der Waals surface area contributed by atoms with E-state index < -0.39 is 0 Å². The van der Waals surface area contributed by atoms with Gasteiger partial charge in [0.2, 0.25) is 0 Å². The van der Waals surface area contributed by atoms with Crippen LogP contribution >= 0.6 is 0 Å². The summed E-state index contributed by atoms with van der Waals surface area (Å²) < 4.78 is 0. The average molecular weight is 238 g/mol. The molecule has 2 nitrogen and oxygen atoms in total. The van der Waals surface area contributed by atoms with Crippen molar-refractivity contribution in [2.75, 3.05) is 19.6 Å². The Bertz CT molecular complexity index is 175. The highest BCUT2D eigenvalue weighted by Crippen LogP contribution is 2.17. The van der Waals surface area contributed by atoms with Crippen LogP contribution < -0.4 is 5.32 Å². The highest BCUT2D eigenvalue weighted by atomic mass is 15.3. The Kier molecular flexibility index (Phi) is 6.36. The normalized spacial score (nSPS) is 30.7. The zero-order chi connectivity index (χ0) is 11.8. The molecule has 2 fully saturated rings. The molecule has 2 heterocycles. The summed E-state index contributed by atoms with van der Waals surface area (Å²) >= 11 is 0. The first-order valence-corrected chi connectivity index (χ1v) is 7.94. The highest BCUT2D eigenvalue weighted by Gasteiger charge is 2.18. The minimum atomic E-state index is 0.686. The van der Waals surface area contributed by atoms with E-state index >= 15 is 0 Å². The number of hydrogen-bond donors (Lipinski definition) is 1. The van der Waals surface area contributed by atoms with Gasteiger partial charge in [-0.1, -0.05) is 44.9 Å². The maximum absolute atomic E-state index is 3.81. The minimum Gasteiger partial charge on any atom is -0.302 e. The molecule has 2 aliphatic rings. The van der Waals surface area contributed by atoms with Gasteiger partial charge in [0.1, 0.15) is 0 Å². The first kappa shape index (κ1) is 13.4. The Balaban J connectivity index is 1.82. The number of likely N-dealkylation sites (tertiary alicyclic amines) is 1. The van der Waals surface area contributed by atoms with Crippen molar-refractivity contribution in [3.63, 3.8) is 0 Å². The van der Waals surface area contributed by atoms with E-state index in [-0.39, 0.29) is 0 Å². The maximum Gasteiger partial charge on any atom is 0.0597 e. The quantitative estimate of drug-likeness (QED) is 0.752. The van der Waals surface area contributed by atoms with Crippen molar-refractivity contribution in [3.05, 3.63) is 0 Å². The predicted molar refractivity (Wildman–Crippen MR) is 74.2 cm³/mol. The lowest BCUT2D eigenvalue weighted by atomic mass is 10.1. The molecule has 0 amide bonds. The first-order chi connectivity index (χ1) is 8.47. The van der Waals surface area contributed by atoms with Gasteiger partial charge in [0.05, 0.1) is 6.17 Å². The molecule has 1 N–H and O–H groups in total. The zero-order valence-corrected chi connectivity index (χ0v) is 11.4. The van der Waals surface area contributed by atoms with Crippen LogP contribution in [0.5, 0.6) is 0 Å². The summed E-state index contributed by atoms with van der Waals surface area (Å²) in [5, 5.41) is 3.81. The third-order valence-corrected chi connectivity index (χ3v) is 4.37. The van der Waals surface area contributed by atoms with Crippen molar-refractivity contribution in [2.24, 2.45) is 0 Å². The smallest absolute Gasteiger partial charge is 0.0597 e. The van der Waals surface area contributed by atoms with Crippen molar-refractivity contribution in [1.29, 1.82) is 0 Å². The fourth-order valence-electron chi connectivity index (χ4n) is 3.26. The summed E-state index contributed by atoms with van der Waals surface area (Å²) in [6.45, 7) is 3.90. The van der Waals surface area contributed by atoms with Crippen molar-refractivity contribution in [3.8, 4) is 0 Å². The van der Waals surface area contributed by atoms with Crippen LogP contribution in [0.25, 0.3) is 0 Å². The molecule has 0 spiro atoms. The second-order valence-corrected chi connectivity index (χ2v) is 5.83. The molecule has 0 aromatic carbocycles. The molecule has 0 saturated carbocycles. The molecule has 0 aromatic heterocycles. The van der Waals surface area contributed by atoms with E-state index in [0.717, 1.165) is 0 Å². The van der Waals surface area contributed by atoms with Crippen molar-refractivity contribution >= 4 is 0 Å². The molecule has 0 bridgehead atoms. The van der Waals surface area contributed by atoms with Gasteiger partial charge in [-0.3, -0.25) is 4.90 Å². The Morgan fingerprint density at radius 2 is 1.24 bits per heavy atom. The van der Waals surface area contributed by atoms with Gasteiger partial charge in [-0.15, -0.1) is 0 Å². The molecule has 2 heteroatoms. The largest absolute Gasteiger partial charge is 0.302 e. The standard InChI is InChI=1S/C15H30N2/c1-3-7-11-15(16-12-8-4-1)17-13-9-5-2-6-10-14-17/h15-16H,1-14H2. The molecule has 1 atom stereocenters. The van der Waals surface area contributed by atoms with Crippen molar-refractivity contribution < 1.29 is 0 Å². The predicted octanol–water partition coefficient (Wildman–Crippen LogP) is 3.52. The van der Waals surface area contributed by atoms with Gasteiger partial charge in [-0.25, -0.2) is 0 Å². The molecule has 100 valence electrons. The molecule has 0 radical (unpaired) electrons. The molecule has 0 aliphatic carbocycles. The number of rotatable bonds is 1. The topological polar surface area (TPSA) is 15.3 Å². The van der Waals surface area contributed by atoms with E-state index in [1.54, 1.807) is 0 Å². The Morgan fingerprint density at radius 3 is 2.00 bits per heavy atom. The maximum atomic E-state index is 3.81. The summed E-state index contributed by atoms with van der Waals surface area (Å²) in [5.74, 6) is 0. The monoisotopic (exact) mass is 238 g/mol. The fraction of sp³-hybridized carbons (Fsp3) is 1.00. The molecule has 2 aliphatic heterocycles. The van der Waals surface area contributed by atoms with E-state index in [1.165, 1.54) is 90.3 Å². The molecule has 1 unspecified atom stereocenters. The van der Waals surface area contributed by atoms with Crippen LogP contribution in [0.1, 0.15) is 70.6 Å². The number of nitrogens with zero attached hydrogens (tertiary/aromatic N) is 1. The van der Waals surface area contributed by atoms with E-state index in [0.29, 0.717) is 6.17 Å². The number of nitrogens with one attached hydrogen (secondary N) is 1. The summed E-state index contributed by atoms with van der Waals surface area (Å²) in [6.07, 6.45) is 16.4. The average Bonchev–Trinajstić information content (AvgIpc) is 2.42. The van der Waals surface area contributed by atoms with Gasteiger partial charge < -0.3 is 5.32 Å². The fourth-order valence-corrected chi connectivity index (χ4v) is 3.26. The first-order valence-electron chi connectivity index (χ1n) is 7.94.